The van der Waals surface area contributed by atoms with E-state index in [0.29, 0.717) is 5.91 Å². The summed E-state index contributed by atoms with van der Waals surface area (Å²) in [4.78, 5) is 25.9. The third kappa shape index (κ3) is 5.10. The largest absolute Gasteiger partial charge is 0.483 e. The van der Waals surface area contributed by atoms with Crippen LogP contribution < -0.4 is 0 Å². The first-order chi connectivity index (χ1) is 13.1. The number of nitrogens with zero attached hydrogens (tertiary/aromatic N) is 2. The highest BCUT2D eigenvalue weighted by molar-refractivity contribution is 5.79. The molecule has 3 fully saturated rings. The minimum atomic E-state index is -0.250. The molecule has 2 saturated heterocycles. The van der Waals surface area contributed by atoms with E-state index < -0.39 is 0 Å². The molecule has 3 aliphatic rings. The number of carbonyl (C=O) groups excluding carboxylic acids is 1. The van der Waals surface area contributed by atoms with Gasteiger partial charge in [0.15, 0.2) is 0 Å². The van der Waals surface area contributed by atoms with E-state index >= 15 is 0 Å². The Morgan fingerprint density at radius 2 is 1.85 bits per heavy atom. The van der Waals surface area contributed by atoms with E-state index in [4.69, 9.17) is 9.90 Å². The number of benzene rings is 1. The molecule has 1 unspecified atom stereocenters. The maximum atomic E-state index is 12.6. The minimum Gasteiger partial charge on any atom is -0.483 e. The van der Waals surface area contributed by atoms with Crippen molar-refractivity contribution in [3.63, 3.8) is 0 Å². The summed E-state index contributed by atoms with van der Waals surface area (Å²) in [6.45, 7) is 6.36. The molecule has 5 nitrogen and oxygen atoms in total. The van der Waals surface area contributed by atoms with Gasteiger partial charge >= 0.3 is 0 Å². The van der Waals surface area contributed by atoms with Gasteiger partial charge in [0.25, 0.3) is 6.47 Å². The Balaban J connectivity index is 0.000000659. The number of carboxylic acid groups (broad SMARTS) is 1. The topological polar surface area (TPSA) is 60.9 Å². The van der Waals surface area contributed by atoms with Crippen molar-refractivity contribution in [3.05, 3.63) is 35.4 Å². The molecule has 0 aromatic heterocycles. The summed E-state index contributed by atoms with van der Waals surface area (Å²) in [5, 5.41) is 6.89. The lowest BCUT2D eigenvalue weighted by Gasteiger charge is -2.38. The highest BCUT2D eigenvalue weighted by Crippen LogP contribution is 2.40. The molecule has 27 heavy (non-hydrogen) atoms. The van der Waals surface area contributed by atoms with Crippen molar-refractivity contribution in [1.82, 2.24) is 9.80 Å². The van der Waals surface area contributed by atoms with Gasteiger partial charge in [-0.2, -0.15) is 0 Å². The number of hydrogen-bond acceptors (Lipinski definition) is 3. The maximum Gasteiger partial charge on any atom is 0.290 e. The normalized spacial score (nSPS) is 25.8. The fraction of sp³-hybridized carbons (Fsp3) is 0.636. The van der Waals surface area contributed by atoms with Crippen LogP contribution in [0.15, 0.2) is 24.3 Å². The second-order valence-electron chi connectivity index (χ2n) is 8.39. The second-order valence-corrected chi connectivity index (χ2v) is 8.39. The van der Waals surface area contributed by atoms with Crippen LogP contribution in [0.25, 0.3) is 0 Å². The third-order valence-electron chi connectivity index (χ3n) is 6.36. The van der Waals surface area contributed by atoms with Crippen molar-refractivity contribution >= 4 is 12.4 Å². The van der Waals surface area contributed by atoms with Crippen LogP contribution in [0.4, 0.5) is 0 Å². The van der Waals surface area contributed by atoms with Crippen LogP contribution in [0.1, 0.15) is 56.1 Å². The Morgan fingerprint density at radius 1 is 1.15 bits per heavy atom. The van der Waals surface area contributed by atoms with Gasteiger partial charge in [-0.3, -0.25) is 9.59 Å². The summed E-state index contributed by atoms with van der Waals surface area (Å²) >= 11 is 0. The Kier molecular flexibility index (Phi) is 6.53. The van der Waals surface area contributed by atoms with E-state index in [1.807, 2.05) is 0 Å². The second kappa shape index (κ2) is 8.87. The maximum absolute atomic E-state index is 12.6. The Labute approximate surface area is 162 Å². The molecular weight excluding hydrogens is 340 g/mol. The smallest absolute Gasteiger partial charge is 0.290 e. The Bertz CT molecular complexity index is 641. The van der Waals surface area contributed by atoms with Crippen LogP contribution in [0.5, 0.6) is 0 Å². The van der Waals surface area contributed by atoms with E-state index in [0.717, 1.165) is 31.7 Å². The fourth-order valence-corrected chi connectivity index (χ4v) is 4.61. The van der Waals surface area contributed by atoms with E-state index in [9.17, 15) is 4.79 Å². The SMILES string of the molecule is Cc1ccc(CN2C(=O)CCC23CCCN(CC2CC2)CC3)cc1.O=CO. The van der Waals surface area contributed by atoms with Gasteiger partial charge in [0, 0.05) is 31.6 Å². The van der Waals surface area contributed by atoms with Crippen LogP contribution in [-0.2, 0) is 16.1 Å². The molecule has 1 saturated carbocycles. The number of likely N-dealkylation sites (tertiary alicyclic amines) is 2. The van der Waals surface area contributed by atoms with Gasteiger partial charge in [0.05, 0.1) is 0 Å². The summed E-state index contributed by atoms with van der Waals surface area (Å²) in [5.74, 6) is 1.33. The van der Waals surface area contributed by atoms with Gasteiger partial charge in [-0.1, -0.05) is 29.8 Å². The highest BCUT2D eigenvalue weighted by Gasteiger charge is 2.45. The summed E-state index contributed by atoms with van der Waals surface area (Å²) < 4.78 is 0. The lowest BCUT2D eigenvalue weighted by Crippen LogP contribution is -2.46. The highest BCUT2D eigenvalue weighted by atomic mass is 16.3. The fourth-order valence-electron chi connectivity index (χ4n) is 4.61. The molecule has 5 heteroatoms. The van der Waals surface area contributed by atoms with Crippen LogP contribution in [0, 0.1) is 12.8 Å². The predicted molar refractivity (Wildman–Crippen MR) is 105 cm³/mol. The van der Waals surface area contributed by atoms with Crippen molar-refractivity contribution in [2.45, 2.75) is 64.0 Å². The Hall–Kier alpha value is -1.88. The van der Waals surface area contributed by atoms with Gasteiger partial charge in [-0.25, -0.2) is 0 Å². The zero-order chi connectivity index (χ0) is 19.3. The van der Waals surface area contributed by atoms with Gasteiger partial charge < -0.3 is 14.9 Å². The molecule has 0 bridgehead atoms. The molecule has 1 aromatic rings. The van der Waals surface area contributed by atoms with Crippen molar-refractivity contribution in [1.29, 1.82) is 0 Å². The first-order valence-electron chi connectivity index (χ1n) is 10.2. The number of hydrogen-bond donors (Lipinski definition) is 1. The molecule has 1 amide bonds. The number of amides is 1. The van der Waals surface area contributed by atoms with E-state index in [1.165, 1.54) is 56.4 Å². The predicted octanol–water partition coefficient (Wildman–Crippen LogP) is 3.45. The number of rotatable bonds is 4. The molecule has 2 heterocycles. The standard InChI is InChI=1S/C21H30N2O.CH2O2/c1-17-3-5-19(6-4-17)16-23-20(24)9-11-21(23)10-2-13-22(14-12-21)15-18-7-8-18;2-1-3/h3-6,18H,2,7-16H2,1H3;1H,(H,2,3). The van der Waals surface area contributed by atoms with Crippen molar-refractivity contribution in [2.24, 2.45) is 5.92 Å². The molecule has 148 valence electrons. The van der Waals surface area contributed by atoms with E-state index in [2.05, 4.69) is 41.0 Å². The molecule has 2 aliphatic heterocycles. The third-order valence-corrected chi connectivity index (χ3v) is 6.36. The van der Waals surface area contributed by atoms with Gasteiger partial charge in [0.1, 0.15) is 0 Å². The molecule has 1 N–H and O–H groups in total. The Morgan fingerprint density at radius 3 is 2.52 bits per heavy atom. The van der Waals surface area contributed by atoms with Gasteiger partial charge in [-0.05, 0) is 63.5 Å². The lowest BCUT2D eigenvalue weighted by atomic mass is 9.87. The summed E-state index contributed by atoms with van der Waals surface area (Å²) in [6, 6.07) is 8.69. The van der Waals surface area contributed by atoms with Crippen LogP contribution in [0.3, 0.4) is 0 Å². The number of aryl methyl sites for hydroxylation is 1. The molecule has 4 rings (SSSR count). The average Bonchev–Trinajstić information content (AvgIpc) is 3.44. The molecule has 1 aliphatic carbocycles. The van der Waals surface area contributed by atoms with Gasteiger partial charge in [0.2, 0.25) is 5.91 Å². The average molecular weight is 373 g/mol. The molecule has 1 spiro atoms. The van der Waals surface area contributed by atoms with Gasteiger partial charge in [-0.15, -0.1) is 0 Å². The number of carbonyl (C=O) groups is 2. The zero-order valence-electron chi connectivity index (χ0n) is 16.4. The molecule has 1 aromatic carbocycles. The van der Waals surface area contributed by atoms with Crippen molar-refractivity contribution in [2.75, 3.05) is 19.6 Å². The van der Waals surface area contributed by atoms with Crippen LogP contribution >= 0.6 is 0 Å². The minimum absolute atomic E-state index is 0.125. The first-order valence-corrected chi connectivity index (χ1v) is 10.2. The molecule has 0 radical (unpaired) electrons. The van der Waals surface area contributed by atoms with Crippen LogP contribution in [0.2, 0.25) is 0 Å². The van der Waals surface area contributed by atoms with Crippen molar-refractivity contribution in [3.8, 4) is 0 Å². The summed E-state index contributed by atoms with van der Waals surface area (Å²) in [5.41, 5.74) is 2.68. The molecular formula is C22H32N2O3. The zero-order valence-corrected chi connectivity index (χ0v) is 16.4. The monoisotopic (exact) mass is 372 g/mol. The van der Waals surface area contributed by atoms with E-state index in [1.54, 1.807) is 0 Å². The summed E-state index contributed by atoms with van der Waals surface area (Å²) in [7, 11) is 0. The molecule has 1 atom stereocenters. The van der Waals surface area contributed by atoms with Crippen molar-refractivity contribution < 1.29 is 14.7 Å². The quantitative estimate of drug-likeness (QED) is 0.823. The summed E-state index contributed by atoms with van der Waals surface area (Å²) in [6.07, 6.45) is 8.26. The van der Waals surface area contributed by atoms with E-state index in [-0.39, 0.29) is 12.0 Å². The first kappa shape index (κ1) is 19.9. The lowest BCUT2D eigenvalue weighted by molar-refractivity contribution is -0.132. The van der Waals surface area contributed by atoms with Crippen LogP contribution in [-0.4, -0.2) is 52.5 Å².